The second-order valence-corrected chi connectivity index (χ2v) is 6.43. The lowest BCUT2D eigenvalue weighted by atomic mass is 10.0. The highest BCUT2D eigenvalue weighted by molar-refractivity contribution is 5.94. The number of amides is 2. The predicted molar refractivity (Wildman–Crippen MR) is 102 cm³/mol. The van der Waals surface area contributed by atoms with Crippen LogP contribution >= 0.6 is 0 Å². The van der Waals surface area contributed by atoms with Gasteiger partial charge in [0, 0.05) is 6.07 Å². The molecular weight excluding hydrogens is 441 g/mol. The first kappa shape index (κ1) is 24.4. The van der Waals surface area contributed by atoms with Crippen LogP contribution in [0.5, 0.6) is 0 Å². The Morgan fingerprint density at radius 3 is 2.56 bits per heavy atom. The third-order valence-electron chi connectivity index (χ3n) is 4.19. The quantitative estimate of drug-likeness (QED) is 0.303. The van der Waals surface area contributed by atoms with Gasteiger partial charge in [-0.15, -0.1) is 0 Å². The molecule has 0 spiro atoms. The summed E-state index contributed by atoms with van der Waals surface area (Å²) in [6.45, 7) is 2.05. The maximum absolute atomic E-state index is 12.8. The van der Waals surface area contributed by atoms with Crippen molar-refractivity contribution in [3.63, 3.8) is 0 Å². The Bertz CT molecular complexity index is 962. The molecular formula is C18H19F3N4O7. The molecule has 0 bridgehead atoms. The predicted octanol–water partition coefficient (Wildman–Crippen LogP) is 2.09. The number of nitro benzene ring substituents is 1. The van der Waals surface area contributed by atoms with E-state index in [1.54, 1.807) is 6.92 Å². The highest BCUT2D eigenvalue weighted by Crippen LogP contribution is 2.34. The number of carbonyl (C=O) groups excluding carboxylic acids is 3. The molecule has 1 aliphatic rings. The van der Waals surface area contributed by atoms with Crippen LogP contribution < -0.4 is 16.0 Å². The number of nitro groups is 1. The van der Waals surface area contributed by atoms with Crippen LogP contribution in [0, 0.1) is 10.1 Å². The molecule has 1 heterocycles. The van der Waals surface area contributed by atoms with Gasteiger partial charge in [0.25, 0.3) is 5.69 Å². The van der Waals surface area contributed by atoms with Crippen molar-refractivity contribution in [2.75, 3.05) is 25.1 Å². The summed E-state index contributed by atoms with van der Waals surface area (Å²) in [6.07, 6.45) is -4.77. The molecule has 0 aliphatic carbocycles. The molecule has 11 nitrogen and oxygen atoms in total. The van der Waals surface area contributed by atoms with E-state index < -0.39 is 59.5 Å². The Morgan fingerprint density at radius 2 is 1.97 bits per heavy atom. The van der Waals surface area contributed by atoms with Gasteiger partial charge in [0.1, 0.15) is 18.8 Å². The van der Waals surface area contributed by atoms with Crippen molar-refractivity contribution in [2.24, 2.45) is 0 Å². The van der Waals surface area contributed by atoms with Crippen molar-refractivity contribution < 1.29 is 42.0 Å². The number of benzene rings is 1. The van der Waals surface area contributed by atoms with Gasteiger partial charge in [-0.1, -0.05) is 0 Å². The molecule has 1 aliphatic heterocycles. The lowest BCUT2D eigenvalue weighted by Crippen LogP contribution is -2.50. The molecule has 0 radical (unpaired) electrons. The molecule has 0 aromatic heterocycles. The number of urea groups is 1. The number of esters is 2. The molecule has 0 fully saturated rings. The minimum absolute atomic E-state index is 0.00596. The van der Waals surface area contributed by atoms with Gasteiger partial charge in [0.05, 0.1) is 34.4 Å². The van der Waals surface area contributed by atoms with E-state index in [-0.39, 0.29) is 23.6 Å². The Morgan fingerprint density at radius 1 is 1.28 bits per heavy atom. The number of rotatable bonds is 8. The third-order valence-corrected chi connectivity index (χ3v) is 4.19. The molecule has 0 saturated carbocycles. The summed E-state index contributed by atoms with van der Waals surface area (Å²) in [5.41, 5.74) is -2.37. The van der Waals surface area contributed by atoms with Crippen LogP contribution in [0.3, 0.4) is 0 Å². The number of anilines is 1. The van der Waals surface area contributed by atoms with E-state index in [9.17, 15) is 37.7 Å². The van der Waals surface area contributed by atoms with E-state index in [0.29, 0.717) is 12.1 Å². The van der Waals surface area contributed by atoms with Gasteiger partial charge in [0.15, 0.2) is 0 Å². The number of nitrogens with one attached hydrogen (secondary N) is 3. The maximum Gasteiger partial charge on any atom is 0.416 e. The number of ether oxygens (including phenoxy) is 2. The number of nitrogens with zero attached hydrogens (tertiary/aromatic N) is 1. The van der Waals surface area contributed by atoms with Gasteiger partial charge in [-0.3, -0.25) is 14.9 Å². The van der Waals surface area contributed by atoms with Crippen LogP contribution in [-0.2, 0) is 25.2 Å². The van der Waals surface area contributed by atoms with Gasteiger partial charge in [0.2, 0.25) is 0 Å². The first-order chi connectivity index (χ1) is 14.9. The number of carbonyl (C=O) groups is 3. The molecule has 2 rings (SSSR count). The van der Waals surface area contributed by atoms with Crippen LogP contribution in [0.1, 0.15) is 19.4 Å². The molecule has 3 N–H and O–H groups in total. The van der Waals surface area contributed by atoms with E-state index in [4.69, 9.17) is 9.47 Å². The molecule has 174 valence electrons. The molecule has 0 saturated heterocycles. The lowest BCUT2D eigenvalue weighted by Gasteiger charge is -2.26. The molecule has 14 heteroatoms. The van der Waals surface area contributed by atoms with Gasteiger partial charge < -0.3 is 25.4 Å². The minimum atomic E-state index is -4.77. The standard InChI is InChI=1S/C18H19F3N4O7/c1-3-31-16(27)15-9(2)23-17(28)24-12(15)8-32-14(26)7-22-11-5-4-10(18(19,20)21)6-13(11)25(29)30/h4-6,9,22H,3,7-8H2,1-2H3,(H2,23,24,28)/t9-/m0/s1. The number of hydrogen-bond acceptors (Lipinski definition) is 8. The lowest BCUT2D eigenvalue weighted by molar-refractivity contribution is -0.384. The molecule has 32 heavy (non-hydrogen) atoms. The van der Waals surface area contributed by atoms with E-state index in [1.165, 1.54) is 6.92 Å². The second-order valence-electron chi connectivity index (χ2n) is 6.43. The zero-order valence-electron chi connectivity index (χ0n) is 16.9. The van der Waals surface area contributed by atoms with Gasteiger partial charge in [-0.05, 0) is 26.0 Å². The topological polar surface area (TPSA) is 149 Å². The summed E-state index contributed by atoms with van der Waals surface area (Å²) in [5, 5.41) is 18.2. The van der Waals surface area contributed by atoms with Crippen molar-refractivity contribution in [2.45, 2.75) is 26.1 Å². The first-order valence-corrected chi connectivity index (χ1v) is 9.16. The summed E-state index contributed by atoms with van der Waals surface area (Å²) < 4.78 is 48.2. The van der Waals surface area contributed by atoms with Crippen LogP contribution in [0.25, 0.3) is 0 Å². The highest BCUT2D eigenvalue weighted by Gasteiger charge is 2.33. The van der Waals surface area contributed by atoms with Crippen molar-refractivity contribution in [1.82, 2.24) is 10.6 Å². The Kier molecular flexibility index (Phi) is 7.62. The van der Waals surface area contributed by atoms with Crippen LogP contribution in [0.15, 0.2) is 29.5 Å². The van der Waals surface area contributed by atoms with Crippen molar-refractivity contribution in [3.8, 4) is 0 Å². The average Bonchev–Trinajstić information content (AvgIpc) is 2.69. The van der Waals surface area contributed by atoms with E-state index in [0.717, 1.165) is 6.07 Å². The van der Waals surface area contributed by atoms with Crippen molar-refractivity contribution in [3.05, 3.63) is 45.1 Å². The number of halogens is 3. The van der Waals surface area contributed by atoms with Crippen molar-refractivity contribution >= 4 is 29.3 Å². The third kappa shape index (κ3) is 6.09. The second kappa shape index (κ2) is 9.98. The SMILES string of the molecule is CCOC(=O)C1=C(COC(=O)CNc2ccc(C(F)(F)F)cc2[N+](=O)[O-])NC(=O)N[C@H]1C. The molecule has 1 aromatic carbocycles. The summed E-state index contributed by atoms with van der Waals surface area (Å²) >= 11 is 0. The molecule has 2 amide bonds. The van der Waals surface area contributed by atoms with Crippen LogP contribution in [0.4, 0.5) is 29.3 Å². The summed E-state index contributed by atoms with van der Waals surface area (Å²) in [6, 6.07) is 0.447. The maximum atomic E-state index is 12.8. The Balaban J connectivity index is 2.08. The molecule has 1 aromatic rings. The van der Waals surface area contributed by atoms with E-state index in [1.807, 2.05) is 0 Å². The monoisotopic (exact) mass is 460 g/mol. The normalized spacial score (nSPS) is 16.0. The summed E-state index contributed by atoms with van der Waals surface area (Å²) in [7, 11) is 0. The van der Waals surface area contributed by atoms with E-state index in [2.05, 4.69) is 16.0 Å². The average molecular weight is 460 g/mol. The van der Waals surface area contributed by atoms with Gasteiger partial charge in [-0.25, -0.2) is 9.59 Å². The highest BCUT2D eigenvalue weighted by atomic mass is 19.4. The molecule has 0 unspecified atom stereocenters. The Labute approximate surface area is 179 Å². The van der Waals surface area contributed by atoms with Crippen LogP contribution in [-0.4, -0.2) is 48.7 Å². The first-order valence-electron chi connectivity index (χ1n) is 9.16. The number of hydrogen-bond donors (Lipinski definition) is 3. The Hall–Kier alpha value is -3.84. The van der Waals surface area contributed by atoms with Gasteiger partial charge >= 0.3 is 24.1 Å². The zero-order chi connectivity index (χ0) is 24.1. The summed E-state index contributed by atoms with van der Waals surface area (Å²) in [4.78, 5) is 45.9. The van der Waals surface area contributed by atoms with Gasteiger partial charge in [-0.2, -0.15) is 13.2 Å². The minimum Gasteiger partial charge on any atom is -0.463 e. The zero-order valence-corrected chi connectivity index (χ0v) is 16.9. The fraction of sp³-hybridized carbons (Fsp3) is 0.389. The summed E-state index contributed by atoms with van der Waals surface area (Å²) in [5.74, 6) is -1.67. The van der Waals surface area contributed by atoms with E-state index >= 15 is 0 Å². The largest absolute Gasteiger partial charge is 0.463 e. The fourth-order valence-electron chi connectivity index (χ4n) is 2.77. The number of alkyl halides is 3. The van der Waals surface area contributed by atoms with Crippen LogP contribution in [0.2, 0.25) is 0 Å². The van der Waals surface area contributed by atoms with Crippen molar-refractivity contribution in [1.29, 1.82) is 0 Å². The fourth-order valence-corrected chi connectivity index (χ4v) is 2.77. The smallest absolute Gasteiger partial charge is 0.416 e. The molecule has 1 atom stereocenters.